The zero-order chi connectivity index (χ0) is 14.3. The van der Waals surface area contributed by atoms with Crippen molar-refractivity contribution in [3.05, 3.63) is 35.9 Å². The summed E-state index contributed by atoms with van der Waals surface area (Å²) in [6.45, 7) is 4.48. The molecule has 0 aliphatic rings. The number of carboxylic acid groups (broad SMARTS) is 1. The largest absolute Gasteiger partial charge is 0.548 e. The van der Waals surface area contributed by atoms with Crippen LogP contribution in [-0.2, 0) is 11.3 Å². The number of aliphatic carboxylic acids is 1. The standard InChI is InChI=1S/C14H20N2O2S/c1-10(2)8-12(13(17)18)16-14(19)15-9-11-6-4-3-5-7-11/h3-7,10,12H,8-9H2,1-2H3,(H,17,18)(H2,15,16,19)/p-1/t12-/m1/s1. The first-order valence-electron chi connectivity index (χ1n) is 6.28. The van der Waals surface area contributed by atoms with Gasteiger partial charge >= 0.3 is 0 Å². The molecule has 1 atom stereocenters. The van der Waals surface area contributed by atoms with E-state index in [0.29, 0.717) is 18.1 Å². The van der Waals surface area contributed by atoms with Crippen LogP contribution in [0, 0.1) is 5.92 Å². The maximum atomic E-state index is 11.0. The predicted molar refractivity (Wildman–Crippen MR) is 77.3 cm³/mol. The van der Waals surface area contributed by atoms with E-state index in [9.17, 15) is 9.90 Å². The van der Waals surface area contributed by atoms with Gasteiger partial charge in [0.1, 0.15) is 0 Å². The van der Waals surface area contributed by atoms with Crippen molar-refractivity contribution in [1.29, 1.82) is 0 Å². The third kappa shape index (κ3) is 6.20. The van der Waals surface area contributed by atoms with E-state index in [0.717, 1.165) is 5.56 Å². The van der Waals surface area contributed by atoms with Crippen molar-refractivity contribution in [1.82, 2.24) is 10.6 Å². The van der Waals surface area contributed by atoms with E-state index in [-0.39, 0.29) is 5.92 Å². The van der Waals surface area contributed by atoms with Crippen molar-refractivity contribution < 1.29 is 9.90 Å². The molecule has 104 valence electrons. The van der Waals surface area contributed by atoms with Gasteiger partial charge in [0.15, 0.2) is 5.11 Å². The SMILES string of the molecule is CC(C)C[C@@H](NC(=S)NCc1ccccc1)C(=O)[O-]. The van der Waals surface area contributed by atoms with Gasteiger partial charge in [-0.05, 0) is 30.1 Å². The Bertz CT molecular complexity index is 421. The van der Waals surface area contributed by atoms with Crippen LogP contribution in [0.4, 0.5) is 0 Å². The van der Waals surface area contributed by atoms with E-state index >= 15 is 0 Å². The first kappa shape index (κ1) is 15.4. The van der Waals surface area contributed by atoms with Crippen LogP contribution >= 0.6 is 12.2 Å². The highest BCUT2D eigenvalue weighted by Gasteiger charge is 2.12. The third-order valence-corrected chi connectivity index (χ3v) is 2.86. The highest BCUT2D eigenvalue weighted by molar-refractivity contribution is 7.80. The van der Waals surface area contributed by atoms with Gasteiger partial charge < -0.3 is 20.5 Å². The lowest BCUT2D eigenvalue weighted by atomic mass is 10.0. The maximum absolute atomic E-state index is 11.0. The van der Waals surface area contributed by atoms with Crippen LogP contribution < -0.4 is 15.7 Å². The van der Waals surface area contributed by atoms with Crippen LogP contribution in [0.3, 0.4) is 0 Å². The van der Waals surface area contributed by atoms with E-state index in [1.54, 1.807) is 0 Å². The van der Waals surface area contributed by atoms with Crippen molar-refractivity contribution in [3.8, 4) is 0 Å². The zero-order valence-electron chi connectivity index (χ0n) is 11.2. The number of thiocarbonyl (C=S) groups is 1. The van der Waals surface area contributed by atoms with Crippen molar-refractivity contribution in [2.75, 3.05) is 0 Å². The minimum atomic E-state index is -1.13. The number of hydrogen-bond donors (Lipinski definition) is 2. The molecule has 1 aromatic rings. The number of carboxylic acids is 1. The van der Waals surface area contributed by atoms with Crippen molar-refractivity contribution in [2.24, 2.45) is 5.92 Å². The Kier molecular flexibility index (Phi) is 6.29. The summed E-state index contributed by atoms with van der Waals surface area (Å²) in [5.41, 5.74) is 1.08. The molecule has 2 N–H and O–H groups in total. The van der Waals surface area contributed by atoms with E-state index in [1.807, 2.05) is 44.2 Å². The summed E-state index contributed by atoms with van der Waals surface area (Å²) in [6.07, 6.45) is 0.482. The molecular weight excluding hydrogens is 260 g/mol. The molecule has 0 fully saturated rings. The fourth-order valence-corrected chi connectivity index (χ4v) is 1.89. The molecule has 0 aliphatic heterocycles. The highest BCUT2D eigenvalue weighted by Crippen LogP contribution is 2.04. The van der Waals surface area contributed by atoms with E-state index in [2.05, 4.69) is 10.6 Å². The lowest BCUT2D eigenvalue weighted by molar-refractivity contribution is -0.308. The minimum Gasteiger partial charge on any atom is -0.548 e. The average Bonchev–Trinajstić information content (AvgIpc) is 2.36. The molecule has 19 heavy (non-hydrogen) atoms. The van der Waals surface area contributed by atoms with Gasteiger partial charge in [0, 0.05) is 6.54 Å². The molecule has 1 rings (SSSR count). The molecule has 0 spiro atoms. The first-order valence-corrected chi connectivity index (χ1v) is 6.69. The Balaban J connectivity index is 2.42. The molecule has 0 heterocycles. The van der Waals surface area contributed by atoms with Gasteiger partial charge in [0.25, 0.3) is 0 Å². The minimum absolute atomic E-state index is 0.257. The zero-order valence-corrected chi connectivity index (χ0v) is 12.0. The summed E-state index contributed by atoms with van der Waals surface area (Å²) in [6, 6.07) is 9.01. The second kappa shape index (κ2) is 7.74. The fourth-order valence-electron chi connectivity index (χ4n) is 1.67. The molecule has 0 aliphatic carbocycles. The molecule has 0 bridgehead atoms. The molecular formula is C14H19N2O2S-. The van der Waals surface area contributed by atoms with Gasteiger partial charge in [-0.15, -0.1) is 0 Å². The number of rotatable bonds is 6. The van der Waals surface area contributed by atoms with Crippen LogP contribution in [0.2, 0.25) is 0 Å². The van der Waals surface area contributed by atoms with Crippen LogP contribution in [-0.4, -0.2) is 17.1 Å². The maximum Gasteiger partial charge on any atom is 0.167 e. The van der Waals surface area contributed by atoms with Gasteiger partial charge in [-0.3, -0.25) is 0 Å². The van der Waals surface area contributed by atoms with Gasteiger partial charge in [0.05, 0.1) is 12.0 Å². The number of benzene rings is 1. The van der Waals surface area contributed by atoms with Crippen molar-refractivity contribution in [2.45, 2.75) is 32.9 Å². The van der Waals surface area contributed by atoms with E-state index < -0.39 is 12.0 Å². The second-order valence-corrected chi connectivity index (χ2v) is 5.22. The Labute approximate surface area is 119 Å². The number of carbonyl (C=O) groups is 1. The Morgan fingerprint density at radius 2 is 1.95 bits per heavy atom. The molecule has 5 heteroatoms. The second-order valence-electron chi connectivity index (χ2n) is 4.81. The van der Waals surface area contributed by atoms with Gasteiger partial charge in [0.2, 0.25) is 0 Å². The Hall–Kier alpha value is -1.62. The number of carbonyl (C=O) groups excluding carboxylic acids is 1. The van der Waals surface area contributed by atoms with Gasteiger partial charge in [-0.25, -0.2) is 0 Å². The monoisotopic (exact) mass is 279 g/mol. The van der Waals surface area contributed by atoms with Crippen LogP contribution in [0.1, 0.15) is 25.8 Å². The van der Waals surface area contributed by atoms with Gasteiger partial charge in [-0.2, -0.15) is 0 Å². The molecule has 0 saturated carbocycles. The Morgan fingerprint density at radius 1 is 1.32 bits per heavy atom. The summed E-state index contributed by atoms with van der Waals surface area (Å²) >= 11 is 5.09. The third-order valence-electron chi connectivity index (χ3n) is 2.59. The Morgan fingerprint density at radius 3 is 2.47 bits per heavy atom. The van der Waals surface area contributed by atoms with E-state index in [1.165, 1.54) is 0 Å². The average molecular weight is 279 g/mol. The van der Waals surface area contributed by atoms with Crippen molar-refractivity contribution >= 4 is 23.3 Å². The molecule has 4 nitrogen and oxygen atoms in total. The number of hydrogen-bond acceptors (Lipinski definition) is 3. The predicted octanol–water partition coefficient (Wildman–Crippen LogP) is 0.815. The fraction of sp³-hybridized carbons (Fsp3) is 0.429. The molecule has 0 amide bonds. The smallest absolute Gasteiger partial charge is 0.167 e. The summed E-state index contributed by atoms with van der Waals surface area (Å²) in [5.74, 6) is -0.870. The summed E-state index contributed by atoms with van der Waals surface area (Å²) in [5, 5.41) is 17.1. The summed E-state index contributed by atoms with van der Waals surface area (Å²) in [4.78, 5) is 11.0. The molecule has 1 aromatic carbocycles. The molecule has 0 saturated heterocycles. The normalized spacial score (nSPS) is 11.9. The van der Waals surface area contributed by atoms with Crippen LogP contribution in [0.5, 0.6) is 0 Å². The molecule has 0 aromatic heterocycles. The van der Waals surface area contributed by atoms with E-state index in [4.69, 9.17) is 12.2 Å². The lowest BCUT2D eigenvalue weighted by Crippen LogP contribution is -2.51. The summed E-state index contributed by atoms with van der Waals surface area (Å²) in [7, 11) is 0. The van der Waals surface area contributed by atoms with Crippen LogP contribution in [0.25, 0.3) is 0 Å². The van der Waals surface area contributed by atoms with Crippen molar-refractivity contribution in [3.63, 3.8) is 0 Å². The van der Waals surface area contributed by atoms with Gasteiger partial charge in [-0.1, -0.05) is 44.2 Å². The highest BCUT2D eigenvalue weighted by atomic mass is 32.1. The lowest BCUT2D eigenvalue weighted by Gasteiger charge is -2.23. The van der Waals surface area contributed by atoms with Crippen LogP contribution in [0.15, 0.2) is 30.3 Å². The quantitative estimate of drug-likeness (QED) is 0.755. The summed E-state index contributed by atoms with van der Waals surface area (Å²) < 4.78 is 0. The molecule has 0 unspecified atom stereocenters. The first-order chi connectivity index (χ1) is 8.99. The molecule has 0 radical (unpaired) electrons. The topological polar surface area (TPSA) is 64.2 Å². The number of nitrogens with one attached hydrogen (secondary N) is 2.